The number of hydrogen-bond acceptors (Lipinski definition) is 4. The predicted octanol–water partition coefficient (Wildman–Crippen LogP) is 3.12. The van der Waals surface area contributed by atoms with Gasteiger partial charge in [0.05, 0.1) is 15.9 Å². The average molecular weight is 453 g/mol. The highest BCUT2D eigenvalue weighted by Crippen LogP contribution is 2.51. The molecule has 2 bridgehead atoms. The van der Waals surface area contributed by atoms with Gasteiger partial charge in [-0.25, -0.2) is 0 Å². The number of likely N-dealkylation sites (tertiary alicyclic amines) is 2. The van der Waals surface area contributed by atoms with E-state index >= 15 is 0 Å². The van der Waals surface area contributed by atoms with Gasteiger partial charge in [0.1, 0.15) is 5.60 Å². The molecule has 4 atom stereocenters. The maximum Gasteiger partial charge on any atom is 0.254 e. The van der Waals surface area contributed by atoms with Crippen molar-refractivity contribution in [2.24, 2.45) is 5.92 Å². The minimum Gasteiger partial charge on any atom is -0.380 e. The van der Waals surface area contributed by atoms with Crippen LogP contribution in [0.2, 0.25) is 0 Å². The summed E-state index contributed by atoms with van der Waals surface area (Å²) < 4.78 is 1.12. The molecule has 146 valence electrons. The second-order valence-corrected chi connectivity index (χ2v) is 11.0. The van der Waals surface area contributed by atoms with Crippen molar-refractivity contribution in [3.63, 3.8) is 0 Å². The lowest BCUT2D eigenvalue weighted by molar-refractivity contribution is -0.158. The lowest BCUT2D eigenvalue weighted by atomic mass is 9.83. The fourth-order valence-corrected chi connectivity index (χ4v) is 6.61. The number of hydrogen-bond donors (Lipinski definition) is 1. The third-order valence-corrected chi connectivity index (χ3v) is 8.51. The molecule has 2 saturated heterocycles. The normalized spacial score (nSPS) is 34.1. The highest BCUT2D eigenvalue weighted by atomic mass is 79.9. The zero-order valence-corrected chi connectivity index (χ0v) is 17.7. The first kappa shape index (κ1) is 18.1. The van der Waals surface area contributed by atoms with E-state index in [2.05, 4.69) is 27.4 Å². The van der Waals surface area contributed by atoms with Gasteiger partial charge >= 0.3 is 0 Å². The van der Waals surface area contributed by atoms with Crippen molar-refractivity contribution >= 4 is 39.1 Å². The minimum atomic E-state index is -1.16. The Morgan fingerprint density at radius 3 is 2.44 bits per heavy atom. The molecule has 5 rings (SSSR count). The number of carbonyl (C=O) groups is 2. The molecule has 4 fully saturated rings. The van der Waals surface area contributed by atoms with Crippen LogP contribution in [0.15, 0.2) is 15.2 Å². The van der Waals surface area contributed by atoms with Crippen LogP contribution in [0.3, 0.4) is 0 Å². The number of halogens is 1. The zero-order chi connectivity index (χ0) is 18.8. The van der Waals surface area contributed by atoms with Crippen LogP contribution in [0.25, 0.3) is 0 Å². The molecule has 1 N–H and O–H groups in total. The zero-order valence-electron chi connectivity index (χ0n) is 15.3. The van der Waals surface area contributed by atoms with E-state index in [1.807, 2.05) is 9.80 Å². The van der Waals surface area contributed by atoms with Crippen LogP contribution in [0.4, 0.5) is 0 Å². The molecular weight excluding hydrogens is 428 g/mol. The summed E-state index contributed by atoms with van der Waals surface area (Å²) in [5.41, 5.74) is 0.108. The monoisotopic (exact) mass is 452 g/mol. The van der Waals surface area contributed by atoms with E-state index in [1.54, 1.807) is 11.3 Å². The van der Waals surface area contributed by atoms with Crippen molar-refractivity contribution in [1.82, 2.24) is 9.80 Å². The molecule has 1 aromatic heterocycles. The van der Waals surface area contributed by atoms with Crippen LogP contribution < -0.4 is 0 Å². The van der Waals surface area contributed by atoms with Gasteiger partial charge in [-0.2, -0.15) is 0 Å². The van der Waals surface area contributed by atoms with Crippen LogP contribution in [0.5, 0.6) is 0 Å². The van der Waals surface area contributed by atoms with Gasteiger partial charge in [-0.1, -0.05) is 19.3 Å². The van der Waals surface area contributed by atoms with E-state index in [9.17, 15) is 14.7 Å². The number of amides is 2. The Kier molecular flexibility index (Phi) is 4.41. The SMILES string of the molecule is O=C([C@@H]1C[C@H]1c1csc(Br)c1)N1C[C@@H]2C[C@H]1CN2C(=O)C1(O)CCCCC1. The highest BCUT2D eigenvalue weighted by Gasteiger charge is 2.54. The molecule has 2 saturated carbocycles. The molecule has 7 heteroatoms. The second kappa shape index (κ2) is 6.56. The van der Waals surface area contributed by atoms with Gasteiger partial charge < -0.3 is 14.9 Å². The molecule has 0 spiro atoms. The van der Waals surface area contributed by atoms with Gasteiger partial charge in [-0.05, 0) is 64.5 Å². The first-order chi connectivity index (χ1) is 13.0. The van der Waals surface area contributed by atoms with Gasteiger partial charge in [-0.3, -0.25) is 9.59 Å². The van der Waals surface area contributed by atoms with Crippen molar-refractivity contribution < 1.29 is 14.7 Å². The summed E-state index contributed by atoms with van der Waals surface area (Å²) in [6.07, 6.45) is 5.94. The molecule has 27 heavy (non-hydrogen) atoms. The lowest BCUT2D eigenvalue weighted by Crippen LogP contribution is -2.57. The second-order valence-electron chi connectivity index (χ2n) is 8.72. The average Bonchev–Trinajstić information content (AvgIpc) is 2.98. The fourth-order valence-electron chi connectivity index (χ4n) is 5.37. The minimum absolute atomic E-state index is 0.0879. The molecule has 0 unspecified atom stereocenters. The van der Waals surface area contributed by atoms with E-state index in [0.29, 0.717) is 31.8 Å². The molecule has 0 radical (unpaired) electrons. The number of rotatable bonds is 3. The molecule has 4 aliphatic rings. The fraction of sp³-hybridized carbons (Fsp3) is 0.700. The summed E-state index contributed by atoms with van der Waals surface area (Å²) in [7, 11) is 0. The van der Waals surface area contributed by atoms with E-state index in [0.717, 1.165) is 35.9 Å². The summed E-state index contributed by atoms with van der Waals surface area (Å²) in [4.78, 5) is 29.8. The Morgan fingerprint density at radius 2 is 1.81 bits per heavy atom. The van der Waals surface area contributed by atoms with Crippen LogP contribution in [-0.2, 0) is 9.59 Å². The number of thiophene rings is 1. The Morgan fingerprint density at radius 1 is 1.11 bits per heavy atom. The maximum absolute atomic E-state index is 13.0. The molecular formula is C20H25BrN2O3S. The molecule has 2 amide bonds. The number of carbonyl (C=O) groups excluding carboxylic acids is 2. The van der Waals surface area contributed by atoms with Crippen molar-refractivity contribution in [1.29, 1.82) is 0 Å². The number of piperazine rings is 1. The van der Waals surface area contributed by atoms with Crippen molar-refractivity contribution in [2.45, 2.75) is 68.5 Å². The van der Waals surface area contributed by atoms with E-state index in [1.165, 1.54) is 5.56 Å². The lowest BCUT2D eigenvalue weighted by Gasteiger charge is -2.40. The van der Waals surface area contributed by atoms with Crippen LogP contribution in [0.1, 0.15) is 56.4 Å². The first-order valence-electron chi connectivity index (χ1n) is 10.0. The third-order valence-electron chi connectivity index (χ3n) is 6.99. The Bertz CT molecular complexity index is 775. The Balaban J connectivity index is 1.21. The van der Waals surface area contributed by atoms with Gasteiger partial charge in [0, 0.05) is 19.0 Å². The number of nitrogens with zero attached hydrogens (tertiary/aromatic N) is 2. The van der Waals surface area contributed by atoms with Gasteiger partial charge in [0.2, 0.25) is 5.91 Å². The quantitative estimate of drug-likeness (QED) is 0.765. The first-order valence-corrected chi connectivity index (χ1v) is 11.7. The molecule has 1 aromatic rings. The molecule has 2 aliphatic carbocycles. The molecule has 5 nitrogen and oxygen atoms in total. The third kappa shape index (κ3) is 3.06. The summed E-state index contributed by atoms with van der Waals surface area (Å²) in [5.74, 6) is 0.643. The highest BCUT2D eigenvalue weighted by molar-refractivity contribution is 9.11. The Labute approximate surface area is 171 Å². The predicted molar refractivity (Wildman–Crippen MR) is 107 cm³/mol. The summed E-state index contributed by atoms with van der Waals surface area (Å²) in [6.45, 7) is 1.24. The van der Waals surface area contributed by atoms with Crippen LogP contribution in [-0.4, -0.2) is 57.5 Å². The van der Waals surface area contributed by atoms with Crippen molar-refractivity contribution in [3.05, 3.63) is 20.8 Å². The van der Waals surface area contributed by atoms with Gasteiger partial charge in [0.15, 0.2) is 0 Å². The summed E-state index contributed by atoms with van der Waals surface area (Å²) >= 11 is 5.17. The summed E-state index contributed by atoms with van der Waals surface area (Å²) in [5, 5.41) is 12.9. The largest absolute Gasteiger partial charge is 0.380 e. The maximum atomic E-state index is 13.0. The van der Waals surface area contributed by atoms with Gasteiger partial charge in [-0.15, -0.1) is 11.3 Å². The smallest absolute Gasteiger partial charge is 0.254 e. The van der Waals surface area contributed by atoms with Crippen molar-refractivity contribution in [2.75, 3.05) is 13.1 Å². The standard InChI is InChI=1S/C20H25BrN2O3S/c21-17-6-12(11-27-17)15-8-16(15)18(24)22-9-14-7-13(22)10-23(14)19(25)20(26)4-2-1-3-5-20/h6,11,13-16,26H,1-5,7-10H2/t13-,14-,15-,16+/m0/s1. The molecule has 0 aromatic carbocycles. The van der Waals surface area contributed by atoms with Crippen molar-refractivity contribution in [3.8, 4) is 0 Å². The number of aliphatic hydroxyl groups is 1. The van der Waals surface area contributed by atoms with Crippen LogP contribution >= 0.6 is 27.3 Å². The summed E-state index contributed by atoms with van der Waals surface area (Å²) in [6, 6.07) is 2.35. The van der Waals surface area contributed by atoms with Gasteiger partial charge in [0.25, 0.3) is 5.91 Å². The Hall–Kier alpha value is -0.920. The van der Waals surface area contributed by atoms with Crippen LogP contribution in [0, 0.1) is 5.92 Å². The topological polar surface area (TPSA) is 60.9 Å². The molecule has 3 heterocycles. The van der Waals surface area contributed by atoms with E-state index in [-0.39, 0.29) is 29.8 Å². The van der Waals surface area contributed by atoms with E-state index in [4.69, 9.17) is 0 Å². The van der Waals surface area contributed by atoms with E-state index < -0.39 is 5.60 Å². The molecule has 2 aliphatic heterocycles. The number of fused-ring (bicyclic) bond motifs is 2.